The number of fused-ring (bicyclic) bond motifs is 1. The molecular weight excluding hydrogens is 270 g/mol. The average Bonchev–Trinajstić information content (AvgIpc) is 3.03. The van der Waals surface area contributed by atoms with Gasteiger partial charge in [-0.3, -0.25) is 4.98 Å². The molecule has 0 N–H and O–H groups in total. The minimum absolute atomic E-state index is 0.948. The lowest BCUT2D eigenvalue weighted by atomic mass is 10.2. The Morgan fingerprint density at radius 1 is 0.818 bits per heavy atom. The predicted molar refractivity (Wildman–Crippen MR) is 92.4 cm³/mol. The van der Waals surface area contributed by atoms with Crippen molar-refractivity contribution in [1.82, 2.24) is 9.88 Å². The molecule has 3 aromatic rings. The molecule has 0 bridgehead atoms. The van der Waals surface area contributed by atoms with E-state index in [-0.39, 0.29) is 0 Å². The van der Waals surface area contributed by atoms with Crippen LogP contribution in [0.5, 0.6) is 0 Å². The van der Waals surface area contributed by atoms with Crippen LogP contribution in [-0.4, -0.2) is 23.6 Å². The zero-order valence-corrected chi connectivity index (χ0v) is 12.6. The van der Waals surface area contributed by atoms with Crippen molar-refractivity contribution in [2.75, 3.05) is 18.6 Å². The van der Waals surface area contributed by atoms with E-state index in [4.69, 9.17) is 0 Å². The van der Waals surface area contributed by atoms with Crippen molar-refractivity contribution in [3.63, 3.8) is 0 Å². The van der Waals surface area contributed by atoms with Gasteiger partial charge in [0.15, 0.2) is 0 Å². The Labute approximate surface area is 131 Å². The van der Waals surface area contributed by atoms with E-state index in [1.165, 1.54) is 11.1 Å². The van der Waals surface area contributed by atoms with Crippen molar-refractivity contribution in [3.05, 3.63) is 85.3 Å². The van der Waals surface area contributed by atoms with E-state index in [0.29, 0.717) is 0 Å². The molecule has 1 aliphatic rings. The molecule has 2 aromatic carbocycles. The van der Waals surface area contributed by atoms with Gasteiger partial charge in [0.05, 0.1) is 12.2 Å². The fourth-order valence-corrected chi connectivity index (χ4v) is 2.33. The van der Waals surface area contributed by atoms with Crippen LogP contribution in [0.2, 0.25) is 0 Å². The van der Waals surface area contributed by atoms with Gasteiger partial charge in [-0.1, -0.05) is 42.5 Å². The number of benzene rings is 2. The summed E-state index contributed by atoms with van der Waals surface area (Å²) in [5, 5.41) is 1.20. The third kappa shape index (κ3) is 3.44. The Hall–Kier alpha value is -2.81. The van der Waals surface area contributed by atoms with Gasteiger partial charge in [-0.2, -0.15) is 0 Å². The number of aromatic nitrogens is 1. The molecule has 3 nitrogen and oxygen atoms in total. The number of pyridine rings is 1. The van der Waals surface area contributed by atoms with E-state index in [0.717, 1.165) is 12.2 Å². The van der Waals surface area contributed by atoms with E-state index < -0.39 is 0 Å². The lowest BCUT2D eigenvalue weighted by Crippen LogP contribution is -2.21. The van der Waals surface area contributed by atoms with Gasteiger partial charge in [0.2, 0.25) is 0 Å². The highest BCUT2D eigenvalue weighted by atomic mass is 15.3. The zero-order chi connectivity index (χ0) is 15.2. The summed E-state index contributed by atoms with van der Waals surface area (Å²) < 4.78 is 0. The SMILES string of the molecule is CN1C=CN(c2ccccc2)C1.c1ccc2ncccc2c1. The molecule has 0 aliphatic carbocycles. The minimum atomic E-state index is 0.948. The quantitative estimate of drug-likeness (QED) is 0.672. The molecule has 2 heterocycles. The standard InChI is InChI=1S/C10H12N2.C9H7N/c1-11-7-8-12(9-11)10-5-3-2-4-6-10;1-2-6-9-8(4-1)5-3-7-10-9/h2-8H,9H2,1H3;1-7H. The van der Waals surface area contributed by atoms with Gasteiger partial charge >= 0.3 is 0 Å². The van der Waals surface area contributed by atoms with E-state index >= 15 is 0 Å². The van der Waals surface area contributed by atoms with Crippen LogP contribution in [0.4, 0.5) is 5.69 Å². The Morgan fingerprint density at radius 3 is 2.27 bits per heavy atom. The summed E-state index contributed by atoms with van der Waals surface area (Å²) in [6.45, 7) is 0.948. The van der Waals surface area contributed by atoms with Crippen LogP contribution in [0.25, 0.3) is 10.9 Å². The predicted octanol–water partition coefficient (Wildman–Crippen LogP) is 4.10. The smallest absolute Gasteiger partial charge is 0.0938 e. The maximum atomic E-state index is 4.18. The molecule has 0 saturated carbocycles. The molecule has 3 heteroatoms. The summed E-state index contributed by atoms with van der Waals surface area (Å²) in [5.41, 5.74) is 2.31. The van der Waals surface area contributed by atoms with E-state index in [2.05, 4.69) is 70.6 Å². The van der Waals surface area contributed by atoms with Crippen LogP contribution in [0.1, 0.15) is 0 Å². The molecule has 0 unspecified atom stereocenters. The Balaban J connectivity index is 0.000000133. The molecule has 1 aliphatic heterocycles. The maximum Gasteiger partial charge on any atom is 0.0938 e. The number of para-hydroxylation sites is 2. The summed E-state index contributed by atoms with van der Waals surface area (Å²) >= 11 is 0. The second kappa shape index (κ2) is 6.76. The molecule has 1 aromatic heterocycles. The second-order valence-corrected chi connectivity index (χ2v) is 5.20. The van der Waals surface area contributed by atoms with Gasteiger partial charge in [-0.25, -0.2) is 0 Å². The summed E-state index contributed by atoms with van der Waals surface area (Å²) in [7, 11) is 2.07. The van der Waals surface area contributed by atoms with Crippen LogP contribution < -0.4 is 4.90 Å². The van der Waals surface area contributed by atoms with Crippen LogP contribution in [0, 0.1) is 0 Å². The second-order valence-electron chi connectivity index (χ2n) is 5.20. The number of hydrogen-bond acceptors (Lipinski definition) is 3. The first-order valence-corrected chi connectivity index (χ1v) is 7.33. The van der Waals surface area contributed by atoms with Gasteiger partial charge in [-0.15, -0.1) is 0 Å². The molecule has 4 rings (SSSR count). The number of rotatable bonds is 1. The molecule has 0 spiro atoms. The minimum Gasteiger partial charge on any atom is -0.361 e. The number of anilines is 1. The highest BCUT2D eigenvalue weighted by Crippen LogP contribution is 2.17. The average molecular weight is 289 g/mol. The molecule has 0 fully saturated rings. The van der Waals surface area contributed by atoms with E-state index in [1.807, 2.05) is 36.5 Å². The van der Waals surface area contributed by atoms with Gasteiger partial charge in [0.25, 0.3) is 0 Å². The fourth-order valence-electron chi connectivity index (χ4n) is 2.33. The zero-order valence-electron chi connectivity index (χ0n) is 12.6. The maximum absolute atomic E-state index is 4.18. The van der Waals surface area contributed by atoms with Crippen molar-refractivity contribution in [2.24, 2.45) is 0 Å². The first-order chi connectivity index (χ1) is 10.8. The highest BCUT2D eigenvalue weighted by molar-refractivity contribution is 5.77. The summed E-state index contributed by atoms with van der Waals surface area (Å²) in [6, 6.07) is 22.5. The summed E-state index contributed by atoms with van der Waals surface area (Å²) in [6.07, 6.45) is 5.98. The Bertz CT molecular complexity index is 687. The van der Waals surface area contributed by atoms with Crippen molar-refractivity contribution in [3.8, 4) is 0 Å². The largest absolute Gasteiger partial charge is 0.361 e. The first kappa shape index (κ1) is 14.1. The first-order valence-electron chi connectivity index (χ1n) is 7.33. The number of nitrogens with zero attached hydrogens (tertiary/aromatic N) is 3. The molecule has 0 saturated heterocycles. The van der Waals surface area contributed by atoms with E-state index in [9.17, 15) is 0 Å². The van der Waals surface area contributed by atoms with Crippen LogP contribution in [0.15, 0.2) is 85.3 Å². The summed E-state index contributed by atoms with van der Waals surface area (Å²) in [5.74, 6) is 0. The van der Waals surface area contributed by atoms with Crippen LogP contribution in [-0.2, 0) is 0 Å². The third-order valence-corrected chi connectivity index (χ3v) is 3.48. The van der Waals surface area contributed by atoms with Crippen molar-refractivity contribution in [1.29, 1.82) is 0 Å². The van der Waals surface area contributed by atoms with Crippen LogP contribution in [0.3, 0.4) is 0 Å². The molecule has 22 heavy (non-hydrogen) atoms. The normalized spacial score (nSPS) is 13.1. The Morgan fingerprint density at radius 2 is 1.55 bits per heavy atom. The van der Waals surface area contributed by atoms with E-state index in [1.54, 1.807) is 0 Å². The molecule has 0 radical (unpaired) electrons. The third-order valence-electron chi connectivity index (χ3n) is 3.48. The molecule has 110 valence electrons. The van der Waals surface area contributed by atoms with Crippen molar-refractivity contribution >= 4 is 16.6 Å². The highest BCUT2D eigenvalue weighted by Gasteiger charge is 2.08. The van der Waals surface area contributed by atoms with Crippen molar-refractivity contribution < 1.29 is 0 Å². The monoisotopic (exact) mass is 289 g/mol. The van der Waals surface area contributed by atoms with Gasteiger partial charge in [0, 0.05) is 36.7 Å². The molecule has 0 atom stereocenters. The fraction of sp³-hybridized carbons (Fsp3) is 0.105. The van der Waals surface area contributed by atoms with Gasteiger partial charge < -0.3 is 9.80 Å². The van der Waals surface area contributed by atoms with Crippen LogP contribution >= 0.6 is 0 Å². The lowest BCUT2D eigenvalue weighted by Gasteiger charge is -2.17. The Kier molecular flexibility index (Phi) is 4.35. The van der Waals surface area contributed by atoms with Gasteiger partial charge in [0.1, 0.15) is 0 Å². The number of hydrogen-bond donors (Lipinski definition) is 0. The lowest BCUT2D eigenvalue weighted by molar-refractivity contribution is 0.496. The van der Waals surface area contributed by atoms with Gasteiger partial charge in [-0.05, 0) is 24.3 Å². The molecule has 0 amide bonds. The van der Waals surface area contributed by atoms with Crippen molar-refractivity contribution in [2.45, 2.75) is 0 Å². The topological polar surface area (TPSA) is 19.4 Å². The molecular formula is C19H19N3. The summed E-state index contributed by atoms with van der Waals surface area (Å²) in [4.78, 5) is 8.54.